The molecule has 0 bridgehead atoms. The van der Waals surface area contributed by atoms with Crippen LogP contribution in [0.3, 0.4) is 0 Å². The zero-order valence-corrected chi connectivity index (χ0v) is 15.1. The average molecular weight is 400 g/mol. The molecule has 1 N–H and O–H groups in total. The van der Waals surface area contributed by atoms with Crippen molar-refractivity contribution in [1.82, 2.24) is 5.32 Å². The van der Waals surface area contributed by atoms with Gasteiger partial charge in [-0.2, -0.15) is 0 Å². The number of nitrogens with one attached hydrogen (secondary N) is 1. The van der Waals surface area contributed by atoms with Gasteiger partial charge >= 0.3 is 6.36 Å². The smallest absolute Gasteiger partial charge is 0.406 e. The van der Waals surface area contributed by atoms with Crippen molar-refractivity contribution in [2.75, 3.05) is 0 Å². The third-order valence-electron chi connectivity index (χ3n) is 3.68. The van der Waals surface area contributed by atoms with Gasteiger partial charge in [-0.3, -0.25) is 4.79 Å². The van der Waals surface area contributed by atoms with Crippen LogP contribution in [0.1, 0.15) is 20.8 Å². The minimum Gasteiger partial charge on any atom is -0.406 e. The normalized spacial score (nSPS) is 11.6. The number of hydrogen-bond donors (Lipinski definition) is 1. The number of benzene rings is 2. The zero-order valence-electron chi connectivity index (χ0n) is 13.5. The van der Waals surface area contributed by atoms with E-state index in [1.165, 1.54) is 35.6 Å². The van der Waals surface area contributed by atoms with E-state index in [4.69, 9.17) is 11.6 Å². The number of rotatable bonds is 4. The molecule has 0 atom stereocenters. The Morgan fingerprint density at radius 3 is 2.50 bits per heavy atom. The minimum absolute atomic E-state index is 0.161. The minimum atomic E-state index is -4.73. The first-order chi connectivity index (χ1) is 12.2. The van der Waals surface area contributed by atoms with E-state index in [9.17, 15) is 18.0 Å². The summed E-state index contributed by atoms with van der Waals surface area (Å²) >= 11 is 7.65. The van der Waals surface area contributed by atoms with E-state index in [1.807, 2.05) is 25.1 Å². The standard InChI is InChI=1S/C18H13ClF3NO2S/c1-10-3-2-4-13-14(10)15(19)16(26-13)17(24)23-9-11-5-7-12(8-6-11)25-18(20,21)22/h2-8H,9H2,1H3,(H,23,24). The van der Waals surface area contributed by atoms with Crippen molar-refractivity contribution in [2.45, 2.75) is 19.8 Å². The number of fused-ring (bicyclic) bond motifs is 1. The highest BCUT2D eigenvalue weighted by atomic mass is 35.5. The van der Waals surface area contributed by atoms with Crippen molar-refractivity contribution in [3.63, 3.8) is 0 Å². The maximum atomic E-state index is 12.4. The summed E-state index contributed by atoms with van der Waals surface area (Å²) < 4.78 is 41.2. The fraction of sp³-hybridized carbons (Fsp3) is 0.167. The van der Waals surface area contributed by atoms with Gasteiger partial charge in [0.1, 0.15) is 10.6 Å². The van der Waals surface area contributed by atoms with E-state index in [2.05, 4.69) is 10.1 Å². The predicted molar refractivity (Wildman–Crippen MR) is 95.9 cm³/mol. The van der Waals surface area contributed by atoms with Gasteiger partial charge in [0.2, 0.25) is 0 Å². The molecule has 3 aromatic rings. The molecule has 1 amide bonds. The lowest BCUT2D eigenvalue weighted by Crippen LogP contribution is -2.22. The molecule has 3 nitrogen and oxygen atoms in total. The van der Waals surface area contributed by atoms with Crippen molar-refractivity contribution < 1.29 is 22.7 Å². The number of halogens is 4. The van der Waals surface area contributed by atoms with Gasteiger partial charge in [0.25, 0.3) is 5.91 Å². The Bertz CT molecular complexity index is 951. The maximum absolute atomic E-state index is 12.4. The molecule has 3 rings (SSSR count). The first kappa shape index (κ1) is 18.5. The number of carbonyl (C=O) groups excluding carboxylic acids is 1. The molecular weight excluding hydrogens is 387 g/mol. The topological polar surface area (TPSA) is 38.3 Å². The molecule has 0 radical (unpaired) electrons. The molecule has 0 saturated heterocycles. The molecule has 0 aliphatic carbocycles. The molecular formula is C18H13ClF3NO2S. The third kappa shape index (κ3) is 4.11. The van der Waals surface area contributed by atoms with Gasteiger partial charge in [0.15, 0.2) is 0 Å². The van der Waals surface area contributed by atoms with Crippen molar-refractivity contribution in [1.29, 1.82) is 0 Å². The number of amides is 1. The number of aryl methyl sites for hydroxylation is 1. The quantitative estimate of drug-likeness (QED) is 0.611. The Labute approximate surface area is 156 Å². The van der Waals surface area contributed by atoms with E-state index in [0.29, 0.717) is 15.5 Å². The molecule has 0 aliphatic rings. The van der Waals surface area contributed by atoms with Crippen LogP contribution < -0.4 is 10.1 Å². The molecule has 0 saturated carbocycles. The molecule has 2 aromatic carbocycles. The van der Waals surface area contributed by atoms with Crippen LogP contribution in [0.2, 0.25) is 5.02 Å². The van der Waals surface area contributed by atoms with Gasteiger partial charge < -0.3 is 10.1 Å². The molecule has 0 aliphatic heterocycles. The van der Waals surface area contributed by atoms with Crippen molar-refractivity contribution in [2.24, 2.45) is 0 Å². The fourth-order valence-electron chi connectivity index (χ4n) is 2.49. The molecule has 1 heterocycles. The van der Waals surface area contributed by atoms with Crippen molar-refractivity contribution in [3.8, 4) is 5.75 Å². The lowest BCUT2D eigenvalue weighted by atomic mass is 10.1. The van der Waals surface area contributed by atoms with E-state index >= 15 is 0 Å². The monoisotopic (exact) mass is 399 g/mol. The lowest BCUT2D eigenvalue weighted by Gasteiger charge is -2.09. The average Bonchev–Trinajstić information content (AvgIpc) is 2.91. The van der Waals surface area contributed by atoms with E-state index in [1.54, 1.807) is 0 Å². The van der Waals surface area contributed by atoms with Crippen LogP contribution in [-0.4, -0.2) is 12.3 Å². The Balaban J connectivity index is 1.69. The van der Waals surface area contributed by atoms with Crippen LogP contribution in [0.5, 0.6) is 5.75 Å². The summed E-state index contributed by atoms with van der Waals surface area (Å²) in [6, 6.07) is 11.0. The van der Waals surface area contributed by atoms with Crippen LogP contribution in [0.25, 0.3) is 10.1 Å². The summed E-state index contributed by atoms with van der Waals surface area (Å²) in [6.45, 7) is 2.09. The van der Waals surface area contributed by atoms with E-state index in [0.717, 1.165) is 15.6 Å². The van der Waals surface area contributed by atoms with Crippen LogP contribution >= 0.6 is 22.9 Å². The van der Waals surface area contributed by atoms with Gasteiger partial charge in [0.05, 0.1) is 5.02 Å². The number of ether oxygens (including phenoxy) is 1. The van der Waals surface area contributed by atoms with Gasteiger partial charge in [0, 0.05) is 16.6 Å². The summed E-state index contributed by atoms with van der Waals surface area (Å²) in [5, 5.41) is 4.00. The van der Waals surface area contributed by atoms with Gasteiger partial charge in [-0.1, -0.05) is 35.9 Å². The molecule has 0 fully saturated rings. The summed E-state index contributed by atoms with van der Waals surface area (Å²) in [7, 11) is 0. The highest BCUT2D eigenvalue weighted by Crippen LogP contribution is 2.37. The van der Waals surface area contributed by atoms with Gasteiger partial charge in [-0.25, -0.2) is 0 Å². The van der Waals surface area contributed by atoms with Crippen LogP contribution in [0, 0.1) is 6.92 Å². The molecule has 8 heteroatoms. The second-order valence-electron chi connectivity index (χ2n) is 5.57. The first-order valence-corrected chi connectivity index (χ1v) is 8.74. The van der Waals surface area contributed by atoms with Crippen molar-refractivity contribution >= 4 is 38.9 Å². The summed E-state index contributed by atoms with van der Waals surface area (Å²) in [5.74, 6) is -0.637. The number of thiophene rings is 1. The van der Waals surface area contributed by atoms with Gasteiger partial charge in [-0.15, -0.1) is 24.5 Å². The lowest BCUT2D eigenvalue weighted by molar-refractivity contribution is -0.274. The largest absolute Gasteiger partial charge is 0.573 e. The summed E-state index contributed by atoms with van der Waals surface area (Å²) in [5.41, 5.74) is 1.63. The second-order valence-corrected chi connectivity index (χ2v) is 7.00. The van der Waals surface area contributed by atoms with Crippen molar-refractivity contribution in [3.05, 3.63) is 63.5 Å². The summed E-state index contributed by atoms with van der Waals surface area (Å²) in [4.78, 5) is 12.8. The van der Waals surface area contributed by atoms with Crippen LogP contribution in [-0.2, 0) is 6.54 Å². The van der Waals surface area contributed by atoms with E-state index < -0.39 is 6.36 Å². The zero-order chi connectivity index (χ0) is 18.9. The summed E-state index contributed by atoms with van der Waals surface area (Å²) in [6.07, 6.45) is -4.73. The highest BCUT2D eigenvalue weighted by Gasteiger charge is 2.30. The number of alkyl halides is 3. The highest BCUT2D eigenvalue weighted by molar-refractivity contribution is 7.21. The Morgan fingerprint density at radius 1 is 1.19 bits per heavy atom. The fourth-order valence-corrected chi connectivity index (χ4v) is 4.09. The Kier molecular flexibility index (Phi) is 5.11. The molecule has 136 valence electrons. The Morgan fingerprint density at radius 2 is 1.88 bits per heavy atom. The molecule has 0 spiro atoms. The van der Waals surface area contributed by atoms with Crippen LogP contribution in [0.4, 0.5) is 13.2 Å². The van der Waals surface area contributed by atoms with Gasteiger partial charge in [-0.05, 0) is 36.2 Å². The van der Waals surface area contributed by atoms with E-state index in [-0.39, 0.29) is 18.2 Å². The molecule has 26 heavy (non-hydrogen) atoms. The second kappa shape index (κ2) is 7.17. The number of carbonyl (C=O) groups is 1. The molecule has 1 aromatic heterocycles. The predicted octanol–water partition coefficient (Wildman–Crippen LogP) is 5.69. The number of hydrogen-bond acceptors (Lipinski definition) is 3. The first-order valence-electron chi connectivity index (χ1n) is 7.55. The molecule has 0 unspecified atom stereocenters. The third-order valence-corrected chi connectivity index (χ3v) is 5.33. The maximum Gasteiger partial charge on any atom is 0.573 e. The Hall–Kier alpha value is -2.25. The van der Waals surface area contributed by atoms with Crippen LogP contribution in [0.15, 0.2) is 42.5 Å². The SMILES string of the molecule is Cc1cccc2sc(C(=O)NCc3ccc(OC(F)(F)F)cc3)c(Cl)c12.